The Labute approximate surface area is 85.3 Å². The van der Waals surface area contributed by atoms with Crippen molar-refractivity contribution in [1.29, 1.82) is 0 Å². The van der Waals surface area contributed by atoms with Crippen LogP contribution in [0.15, 0.2) is 0 Å². The second-order valence-electron chi connectivity index (χ2n) is 3.92. The summed E-state index contributed by atoms with van der Waals surface area (Å²) in [6.45, 7) is 4.34. The Bertz CT molecular complexity index is 177. The molecule has 1 aliphatic rings. The summed E-state index contributed by atoms with van der Waals surface area (Å²) in [5.41, 5.74) is 0. The summed E-state index contributed by atoms with van der Waals surface area (Å²) in [6.07, 6.45) is 3.11. The van der Waals surface area contributed by atoms with Crippen molar-refractivity contribution < 1.29 is 9.90 Å². The first kappa shape index (κ1) is 11.5. The zero-order chi connectivity index (χ0) is 10.4. The van der Waals surface area contributed by atoms with Gasteiger partial charge in [0.05, 0.1) is 12.6 Å². The maximum Gasteiger partial charge on any atom is 0.236 e. The van der Waals surface area contributed by atoms with Crippen LogP contribution in [0.5, 0.6) is 0 Å². The predicted molar refractivity (Wildman–Crippen MR) is 55.0 cm³/mol. The Kier molecular flexibility index (Phi) is 4.90. The van der Waals surface area contributed by atoms with Crippen LogP contribution in [0.3, 0.4) is 0 Å². The molecule has 0 bridgehead atoms. The molecule has 0 radical (unpaired) electrons. The fourth-order valence-electron chi connectivity index (χ4n) is 1.64. The van der Waals surface area contributed by atoms with Crippen LogP contribution in [0.2, 0.25) is 0 Å². The third-order valence-electron chi connectivity index (χ3n) is 2.42. The van der Waals surface area contributed by atoms with Gasteiger partial charge < -0.3 is 15.3 Å². The highest BCUT2D eigenvalue weighted by Crippen LogP contribution is 2.07. The smallest absolute Gasteiger partial charge is 0.236 e. The van der Waals surface area contributed by atoms with E-state index in [-0.39, 0.29) is 12.0 Å². The van der Waals surface area contributed by atoms with Crippen molar-refractivity contribution in [3.63, 3.8) is 0 Å². The number of nitrogens with zero attached hydrogens (tertiary/aromatic N) is 1. The van der Waals surface area contributed by atoms with E-state index in [2.05, 4.69) is 5.32 Å². The molecule has 0 spiro atoms. The molecule has 0 aromatic carbocycles. The van der Waals surface area contributed by atoms with Gasteiger partial charge in [0.1, 0.15) is 0 Å². The van der Waals surface area contributed by atoms with E-state index in [0.29, 0.717) is 13.1 Å². The van der Waals surface area contributed by atoms with Gasteiger partial charge in [-0.25, -0.2) is 0 Å². The second kappa shape index (κ2) is 5.98. The van der Waals surface area contributed by atoms with Gasteiger partial charge in [-0.05, 0) is 26.2 Å². The lowest BCUT2D eigenvalue weighted by Gasteiger charge is -2.26. The number of nitrogens with one attached hydrogen (secondary N) is 1. The average molecular weight is 200 g/mol. The molecule has 0 aliphatic carbocycles. The van der Waals surface area contributed by atoms with Gasteiger partial charge in [0.2, 0.25) is 5.91 Å². The molecule has 1 rings (SSSR count). The highest BCUT2D eigenvalue weighted by molar-refractivity contribution is 5.78. The molecule has 1 saturated heterocycles. The van der Waals surface area contributed by atoms with Gasteiger partial charge in [0.15, 0.2) is 0 Å². The number of carbonyl (C=O) groups excluding carboxylic acids is 1. The van der Waals surface area contributed by atoms with E-state index in [9.17, 15) is 4.79 Å². The highest BCUT2D eigenvalue weighted by Gasteiger charge is 2.15. The SMILES string of the molecule is CC(O)CNCC(=O)N1CCCCC1. The topological polar surface area (TPSA) is 52.6 Å². The number of likely N-dealkylation sites (tertiary alicyclic amines) is 1. The van der Waals surface area contributed by atoms with Crippen LogP contribution in [0, 0.1) is 0 Å². The normalized spacial score (nSPS) is 19.4. The number of hydrogen-bond donors (Lipinski definition) is 2. The zero-order valence-corrected chi connectivity index (χ0v) is 8.83. The van der Waals surface area contributed by atoms with Crippen LogP contribution in [0.1, 0.15) is 26.2 Å². The lowest BCUT2D eigenvalue weighted by Crippen LogP contribution is -2.42. The molecule has 0 saturated carbocycles. The molecular formula is C10H20N2O2. The first-order chi connectivity index (χ1) is 6.70. The third-order valence-corrected chi connectivity index (χ3v) is 2.42. The molecule has 1 fully saturated rings. The number of amides is 1. The number of hydrogen-bond acceptors (Lipinski definition) is 3. The van der Waals surface area contributed by atoms with Crippen LogP contribution in [-0.4, -0.2) is 48.2 Å². The Morgan fingerprint density at radius 2 is 2.07 bits per heavy atom. The van der Waals surface area contributed by atoms with E-state index in [1.54, 1.807) is 6.92 Å². The molecule has 0 aromatic rings. The van der Waals surface area contributed by atoms with E-state index < -0.39 is 0 Å². The minimum Gasteiger partial charge on any atom is -0.392 e. The largest absolute Gasteiger partial charge is 0.392 e. The third kappa shape index (κ3) is 4.07. The number of rotatable bonds is 4. The Morgan fingerprint density at radius 3 is 2.64 bits per heavy atom. The van der Waals surface area contributed by atoms with Crippen molar-refractivity contribution in [2.24, 2.45) is 0 Å². The Hall–Kier alpha value is -0.610. The van der Waals surface area contributed by atoms with Crippen molar-refractivity contribution in [1.82, 2.24) is 10.2 Å². The number of aliphatic hydroxyl groups is 1. The summed E-state index contributed by atoms with van der Waals surface area (Å²) in [7, 11) is 0. The Balaban J connectivity index is 2.13. The molecular weight excluding hydrogens is 180 g/mol. The van der Waals surface area contributed by atoms with Crippen molar-refractivity contribution in [3.05, 3.63) is 0 Å². The van der Waals surface area contributed by atoms with Crippen LogP contribution in [0.25, 0.3) is 0 Å². The van der Waals surface area contributed by atoms with Gasteiger partial charge >= 0.3 is 0 Å². The number of carbonyl (C=O) groups is 1. The summed E-state index contributed by atoms with van der Waals surface area (Å²) in [5.74, 6) is 0.158. The summed E-state index contributed by atoms with van der Waals surface area (Å²) >= 11 is 0. The fourth-order valence-corrected chi connectivity index (χ4v) is 1.64. The maximum atomic E-state index is 11.6. The zero-order valence-electron chi connectivity index (χ0n) is 8.83. The van der Waals surface area contributed by atoms with Crippen LogP contribution in [-0.2, 0) is 4.79 Å². The molecule has 1 heterocycles. The minimum atomic E-state index is -0.385. The number of aliphatic hydroxyl groups excluding tert-OH is 1. The molecule has 14 heavy (non-hydrogen) atoms. The van der Waals surface area contributed by atoms with E-state index in [1.165, 1.54) is 6.42 Å². The van der Waals surface area contributed by atoms with Crippen molar-refractivity contribution in [3.8, 4) is 0 Å². The van der Waals surface area contributed by atoms with Gasteiger partial charge in [0, 0.05) is 19.6 Å². The van der Waals surface area contributed by atoms with Crippen molar-refractivity contribution >= 4 is 5.91 Å². The fraction of sp³-hybridized carbons (Fsp3) is 0.900. The molecule has 2 N–H and O–H groups in total. The van der Waals surface area contributed by atoms with Gasteiger partial charge in [-0.15, -0.1) is 0 Å². The molecule has 1 atom stereocenters. The molecule has 0 aromatic heterocycles. The van der Waals surface area contributed by atoms with Crippen LogP contribution >= 0.6 is 0 Å². The van der Waals surface area contributed by atoms with E-state index in [0.717, 1.165) is 25.9 Å². The van der Waals surface area contributed by atoms with E-state index in [4.69, 9.17) is 5.11 Å². The first-order valence-electron chi connectivity index (χ1n) is 5.36. The van der Waals surface area contributed by atoms with E-state index in [1.807, 2.05) is 4.90 Å². The molecule has 4 heteroatoms. The minimum absolute atomic E-state index is 0.158. The standard InChI is InChI=1S/C10H20N2O2/c1-9(13)7-11-8-10(14)12-5-3-2-4-6-12/h9,11,13H,2-8H2,1H3. The number of piperidine rings is 1. The van der Waals surface area contributed by atoms with Crippen LogP contribution in [0.4, 0.5) is 0 Å². The molecule has 1 aliphatic heterocycles. The molecule has 1 amide bonds. The Morgan fingerprint density at radius 1 is 1.43 bits per heavy atom. The summed E-state index contributed by atoms with van der Waals surface area (Å²) in [4.78, 5) is 13.5. The quantitative estimate of drug-likeness (QED) is 0.670. The molecule has 82 valence electrons. The van der Waals surface area contributed by atoms with Gasteiger partial charge in [0.25, 0.3) is 0 Å². The molecule has 4 nitrogen and oxygen atoms in total. The maximum absolute atomic E-state index is 11.6. The van der Waals surface area contributed by atoms with Crippen LogP contribution < -0.4 is 5.32 Å². The first-order valence-corrected chi connectivity index (χ1v) is 5.36. The van der Waals surface area contributed by atoms with Gasteiger partial charge in [-0.2, -0.15) is 0 Å². The van der Waals surface area contributed by atoms with Crippen molar-refractivity contribution in [2.75, 3.05) is 26.2 Å². The predicted octanol–water partition coefficient (Wildman–Crippen LogP) is -0.0307. The lowest BCUT2D eigenvalue weighted by atomic mass is 10.1. The second-order valence-corrected chi connectivity index (χ2v) is 3.92. The van der Waals surface area contributed by atoms with Crippen molar-refractivity contribution in [2.45, 2.75) is 32.3 Å². The monoisotopic (exact) mass is 200 g/mol. The highest BCUT2D eigenvalue weighted by atomic mass is 16.3. The van der Waals surface area contributed by atoms with Gasteiger partial charge in [-0.3, -0.25) is 4.79 Å². The summed E-state index contributed by atoms with van der Waals surface area (Å²) in [6, 6.07) is 0. The summed E-state index contributed by atoms with van der Waals surface area (Å²) in [5, 5.41) is 11.9. The molecule has 1 unspecified atom stereocenters. The average Bonchev–Trinajstić information content (AvgIpc) is 2.18. The van der Waals surface area contributed by atoms with Gasteiger partial charge in [-0.1, -0.05) is 0 Å². The summed E-state index contributed by atoms with van der Waals surface area (Å²) < 4.78 is 0. The van der Waals surface area contributed by atoms with E-state index >= 15 is 0 Å². The lowest BCUT2D eigenvalue weighted by molar-refractivity contribution is -0.131.